The van der Waals surface area contributed by atoms with E-state index in [9.17, 15) is 0 Å². The van der Waals surface area contributed by atoms with Gasteiger partial charge in [0, 0.05) is 31.8 Å². The van der Waals surface area contributed by atoms with E-state index < -0.39 is 0 Å². The molecule has 1 atom stereocenters. The second-order valence-corrected chi connectivity index (χ2v) is 8.35. The number of halogens is 2. The fourth-order valence-corrected chi connectivity index (χ4v) is 5.24. The molecule has 0 amide bonds. The molecule has 0 saturated carbocycles. The van der Waals surface area contributed by atoms with Crippen LogP contribution in [0.25, 0.3) is 33.0 Å². The largest absolute Gasteiger partial charge is 1.00 e. The van der Waals surface area contributed by atoms with Gasteiger partial charge in [-0.3, -0.25) is 0 Å². The average molecular weight is 645 g/mol. The Morgan fingerprint density at radius 3 is 1.88 bits per heavy atom. The molecule has 0 aliphatic heterocycles. The average Bonchev–Trinajstić information content (AvgIpc) is 3.35. The molecule has 34 heavy (non-hydrogen) atoms. The summed E-state index contributed by atoms with van der Waals surface area (Å²) in [4.78, 5) is 0. The van der Waals surface area contributed by atoms with Crippen LogP contribution < -0.4 is 24.8 Å². The number of hydrogen-bond acceptors (Lipinski definition) is 0. The van der Waals surface area contributed by atoms with Crippen molar-refractivity contribution in [2.75, 3.05) is 0 Å². The first-order chi connectivity index (χ1) is 15.3. The summed E-state index contributed by atoms with van der Waals surface area (Å²) in [6.07, 6.45) is 0. The molecular weight excluding hydrogens is 622 g/mol. The zero-order valence-electron chi connectivity index (χ0n) is 18.8. The van der Waals surface area contributed by atoms with E-state index >= 15 is 0 Å². The van der Waals surface area contributed by atoms with Gasteiger partial charge in [-0.15, -0.1) is 34.0 Å². The summed E-state index contributed by atoms with van der Waals surface area (Å²) in [5.74, 6) is 0.353. The molecule has 0 heterocycles. The molecule has 0 aromatic heterocycles. The fraction of sp³-hybridized carbons (Fsp3) is 0.0645. The Hall–Kier alpha value is -2.32. The van der Waals surface area contributed by atoms with Crippen LogP contribution in [0, 0.1) is 0 Å². The molecule has 0 nitrogen and oxygen atoms in total. The zero-order chi connectivity index (χ0) is 20.8. The standard InChI is InChI=1S/C31H23.2ClH.Hf/c1-21-25-17-10-11-19-27(25)31(29(21)23-14-6-3-7-15-23)30-26-18-9-8-16-24(26)20-28(30)22-12-4-2-5-13-22;;;/h2-21H,1H3;2*1H;/q-1;;;/p-2. The summed E-state index contributed by atoms with van der Waals surface area (Å²) in [7, 11) is 0. The third-order valence-corrected chi connectivity index (χ3v) is 6.62. The Kier molecular flexibility index (Phi) is 8.47. The fourth-order valence-electron chi connectivity index (χ4n) is 5.24. The topological polar surface area (TPSA) is 0 Å². The Morgan fingerprint density at radius 2 is 1.18 bits per heavy atom. The first kappa shape index (κ1) is 26.3. The molecule has 0 N–H and O–H groups in total. The van der Waals surface area contributed by atoms with Crippen LogP contribution in [-0.4, -0.2) is 0 Å². The third kappa shape index (κ3) is 4.26. The second-order valence-electron chi connectivity index (χ2n) is 8.35. The van der Waals surface area contributed by atoms with Gasteiger partial charge in [-0.1, -0.05) is 116 Å². The SMILES string of the molecule is CC1C(c2ccccc2)=C(c2c(-c3ccccc3)[cH-]c3ccccc23)c2ccccc21.[Cl-].[Cl-].[Hf]. The molecule has 0 radical (unpaired) electrons. The monoisotopic (exact) mass is 645 g/mol. The minimum absolute atomic E-state index is 0. The maximum atomic E-state index is 2.36. The van der Waals surface area contributed by atoms with Crippen molar-refractivity contribution in [2.45, 2.75) is 12.8 Å². The summed E-state index contributed by atoms with van der Waals surface area (Å²) in [6.45, 7) is 2.35. The van der Waals surface area contributed by atoms with E-state index in [2.05, 4.69) is 122 Å². The van der Waals surface area contributed by atoms with Crippen LogP contribution in [-0.2, 0) is 25.8 Å². The van der Waals surface area contributed by atoms with Gasteiger partial charge < -0.3 is 24.8 Å². The molecule has 5 aromatic carbocycles. The Balaban J connectivity index is 0.00000108. The Bertz CT molecular complexity index is 1430. The van der Waals surface area contributed by atoms with Crippen LogP contribution in [0.4, 0.5) is 0 Å². The molecule has 0 bridgehead atoms. The molecule has 168 valence electrons. The van der Waals surface area contributed by atoms with E-state index in [1.165, 1.54) is 55.3 Å². The summed E-state index contributed by atoms with van der Waals surface area (Å²) in [5, 5.41) is 2.63. The molecule has 0 saturated heterocycles. The number of fused-ring (bicyclic) bond motifs is 2. The molecule has 6 rings (SSSR count). The van der Waals surface area contributed by atoms with Crippen LogP contribution >= 0.6 is 0 Å². The van der Waals surface area contributed by atoms with Crippen LogP contribution in [0.2, 0.25) is 0 Å². The van der Waals surface area contributed by atoms with Gasteiger partial charge in [0.25, 0.3) is 0 Å². The van der Waals surface area contributed by atoms with E-state index in [1.807, 2.05) is 0 Å². The van der Waals surface area contributed by atoms with Crippen molar-refractivity contribution in [3.8, 4) is 11.1 Å². The summed E-state index contributed by atoms with van der Waals surface area (Å²) >= 11 is 0. The van der Waals surface area contributed by atoms with Crippen molar-refractivity contribution in [2.24, 2.45) is 0 Å². The van der Waals surface area contributed by atoms with Crippen LogP contribution in [0.3, 0.4) is 0 Å². The molecule has 1 aliphatic carbocycles. The van der Waals surface area contributed by atoms with Gasteiger partial charge in [0.2, 0.25) is 0 Å². The molecule has 0 spiro atoms. The normalized spacial score (nSPS) is 14.1. The van der Waals surface area contributed by atoms with Gasteiger partial charge in [-0.05, 0) is 27.8 Å². The van der Waals surface area contributed by atoms with Crippen molar-refractivity contribution in [1.82, 2.24) is 0 Å². The predicted octanol–water partition coefficient (Wildman–Crippen LogP) is 2.31. The van der Waals surface area contributed by atoms with Crippen LogP contribution in [0.15, 0.2) is 115 Å². The van der Waals surface area contributed by atoms with Gasteiger partial charge in [-0.2, -0.15) is 0 Å². The first-order valence-corrected chi connectivity index (χ1v) is 11.0. The summed E-state index contributed by atoms with van der Waals surface area (Å²) in [5.41, 5.74) is 10.8. The summed E-state index contributed by atoms with van der Waals surface area (Å²) in [6, 6.07) is 41.8. The number of hydrogen-bond donors (Lipinski definition) is 0. The Labute approximate surface area is 232 Å². The van der Waals surface area contributed by atoms with Crippen molar-refractivity contribution >= 4 is 21.9 Å². The van der Waals surface area contributed by atoms with Crippen LogP contribution in [0.5, 0.6) is 0 Å². The zero-order valence-corrected chi connectivity index (χ0v) is 23.9. The molecule has 5 aromatic rings. The number of rotatable bonds is 3. The number of benzene rings is 4. The molecular formula is C31H23Cl2Hf-3. The summed E-state index contributed by atoms with van der Waals surface area (Å²) < 4.78 is 0. The molecule has 3 heteroatoms. The van der Waals surface area contributed by atoms with Crippen molar-refractivity contribution < 1.29 is 50.7 Å². The van der Waals surface area contributed by atoms with E-state index in [0.29, 0.717) is 5.92 Å². The number of allylic oxidation sites excluding steroid dienone is 1. The Morgan fingerprint density at radius 1 is 0.618 bits per heavy atom. The minimum atomic E-state index is 0. The maximum absolute atomic E-state index is 2.36. The van der Waals surface area contributed by atoms with Gasteiger partial charge in [0.05, 0.1) is 0 Å². The second kappa shape index (κ2) is 11.0. The van der Waals surface area contributed by atoms with Gasteiger partial charge in [-0.25, -0.2) is 0 Å². The van der Waals surface area contributed by atoms with Gasteiger partial charge in [0.1, 0.15) is 0 Å². The quantitative estimate of drug-likeness (QED) is 0.209. The van der Waals surface area contributed by atoms with Gasteiger partial charge >= 0.3 is 0 Å². The van der Waals surface area contributed by atoms with Crippen molar-refractivity contribution in [3.63, 3.8) is 0 Å². The maximum Gasteiger partial charge on any atom is 0.00725 e. The van der Waals surface area contributed by atoms with Gasteiger partial charge in [0.15, 0.2) is 0 Å². The van der Waals surface area contributed by atoms with Crippen molar-refractivity contribution in [1.29, 1.82) is 0 Å². The minimum Gasteiger partial charge on any atom is -1.00 e. The predicted molar refractivity (Wildman–Crippen MR) is 132 cm³/mol. The molecule has 1 unspecified atom stereocenters. The van der Waals surface area contributed by atoms with E-state index in [4.69, 9.17) is 0 Å². The van der Waals surface area contributed by atoms with E-state index in [0.717, 1.165) is 0 Å². The van der Waals surface area contributed by atoms with Crippen LogP contribution in [0.1, 0.15) is 35.1 Å². The third-order valence-electron chi connectivity index (χ3n) is 6.62. The van der Waals surface area contributed by atoms with Crippen molar-refractivity contribution in [3.05, 3.63) is 138 Å². The smallest absolute Gasteiger partial charge is 0.00725 e. The van der Waals surface area contributed by atoms with E-state index in [-0.39, 0.29) is 50.7 Å². The molecule has 1 aliphatic rings. The molecule has 0 fully saturated rings. The first-order valence-electron chi connectivity index (χ1n) is 11.0. The van der Waals surface area contributed by atoms with E-state index in [1.54, 1.807) is 0 Å².